The molecule has 2 N–H and O–H groups in total. The lowest BCUT2D eigenvalue weighted by Crippen LogP contribution is -2.03. The van der Waals surface area contributed by atoms with Crippen LogP contribution in [0.3, 0.4) is 0 Å². The zero-order valence-electron chi connectivity index (χ0n) is 7.43. The zero-order chi connectivity index (χ0) is 10.3. The fourth-order valence-electron chi connectivity index (χ4n) is 1.74. The summed E-state index contributed by atoms with van der Waals surface area (Å²) in [5.74, 6) is 0.356. The van der Waals surface area contributed by atoms with Crippen LogP contribution in [0.15, 0.2) is 16.6 Å². The summed E-state index contributed by atoms with van der Waals surface area (Å²) in [6.07, 6.45) is 0.965. The highest BCUT2D eigenvalue weighted by Crippen LogP contribution is 2.50. The first-order valence-electron chi connectivity index (χ1n) is 4.48. The highest BCUT2D eigenvalue weighted by molar-refractivity contribution is 9.10. The third-order valence-corrected chi connectivity index (χ3v) is 3.66. The van der Waals surface area contributed by atoms with Gasteiger partial charge in [0.05, 0.1) is 5.02 Å². The Balaban J connectivity index is 2.38. The predicted octanol–water partition coefficient (Wildman–Crippen LogP) is 3.30. The Kier molecular flexibility index (Phi) is 2.82. The standard InChI is InChI=1S/C10H10BrClFN/c11-7-1-2-8(12)10(13)9(7)6-3-5(6)4-14/h1-2,5-6H,3-4,14H2/t5-,6+/m0/s1. The maximum absolute atomic E-state index is 13.7. The molecule has 1 fully saturated rings. The van der Waals surface area contributed by atoms with E-state index in [1.54, 1.807) is 12.1 Å². The maximum Gasteiger partial charge on any atom is 0.146 e. The van der Waals surface area contributed by atoms with Gasteiger partial charge in [-0.2, -0.15) is 0 Å². The SMILES string of the molecule is NC[C@@H]1C[C@H]1c1c(Br)ccc(Cl)c1F. The van der Waals surface area contributed by atoms with Gasteiger partial charge < -0.3 is 5.73 Å². The summed E-state index contributed by atoms with van der Waals surface area (Å²) >= 11 is 9.06. The largest absolute Gasteiger partial charge is 0.330 e. The van der Waals surface area contributed by atoms with Crippen molar-refractivity contribution < 1.29 is 4.39 Å². The van der Waals surface area contributed by atoms with E-state index in [-0.39, 0.29) is 16.8 Å². The fraction of sp³-hybridized carbons (Fsp3) is 0.400. The van der Waals surface area contributed by atoms with Crippen LogP contribution in [0.2, 0.25) is 5.02 Å². The van der Waals surface area contributed by atoms with Crippen LogP contribution in [-0.2, 0) is 0 Å². The molecule has 1 aromatic rings. The van der Waals surface area contributed by atoms with Gasteiger partial charge >= 0.3 is 0 Å². The first-order chi connectivity index (χ1) is 6.65. The first kappa shape index (κ1) is 10.4. The molecule has 1 aliphatic carbocycles. The van der Waals surface area contributed by atoms with Gasteiger partial charge in [0.2, 0.25) is 0 Å². The Bertz CT molecular complexity index is 369. The van der Waals surface area contributed by atoms with Gasteiger partial charge in [0.15, 0.2) is 0 Å². The second kappa shape index (κ2) is 3.80. The van der Waals surface area contributed by atoms with E-state index < -0.39 is 0 Å². The molecule has 0 bridgehead atoms. The van der Waals surface area contributed by atoms with E-state index in [9.17, 15) is 4.39 Å². The smallest absolute Gasteiger partial charge is 0.146 e. The molecular weight excluding hydrogens is 268 g/mol. The summed E-state index contributed by atoms with van der Waals surface area (Å²) in [5, 5.41) is 0.186. The first-order valence-corrected chi connectivity index (χ1v) is 5.65. The van der Waals surface area contributed by atoms with Gasteiger partial charge in [-0.3, -0.25) is 0 Å². The molecule has 1 saturated carbocycles. The molecule has 14 heavy (non-hydrogen) atoms. The van der Waals surface area contributed by atoms with Crippen molar-refractivity contribution in [2.45, 2.75) is 12.3 Å². The lowest BCUT2D eigenvalue weighted by atomic mass is 10.1. The summed E-state index contributed by atoms with van der Waals surface area (Å²) in [4.78, 5) is 0. The molecule has 1 aromatic carbocycles. The molecule has 0 amide bonds. The normalized spacial score (nSPS) is 25.1. The van der Waals surface area contributed by atoms with Crippen LogP contribution in [0, 0.1) is 11.7 Å². The van der Waals surface area contributed by atoms with Crippen LogP contribution >= 0.6 is 27.5 Å². The van der Waals surface area contributed by atoms with E-state index in [1.165, 1.54) is 0 Å². The molecule has 2 rings (SSSR count). The third kappa shape index (κ3) is 1.69. The van der Waals surface area contributed by atoms with Gasteiger partial charge in [0, 0.05) is 10.0 Å². The molecule has 0 radical (unpaired) electrons. The van der Waals surface area contributed by atoms with Crippen LogP contribution in [0.1, 0.15) is 17.9 Å². The second-order valence-corrected chi connectivity index (χ2v) is 4.86. The van der Waals surface area contributed by atoms with Gasteiger partial charge in [-0.25, -0.2) is 4.39 Å². The molecule has 1 nitrogen and oxygen atoms in total. The monoisotopic (exact) mass is 277 g/mol. The lowest BCUT2D eigenvalue weighted by Gasteiger charge is -2.06. The van der Waals surface area contributed by atoms with Crippen molar-refractivity contribution in [3.05, 3.63) is 33.0 Å². The number of hydrogen-bond donors (Lipinski definition) is 1. The van der Waals surface area contributed by atoms with E-state index in [4.69, 9.17) is 17.3 Å². The van der Waals surface area contributed by atoms with E-state index in [0.717, 1.165) is 10.9 Å². The van der Waals surface area contributed by atoms with Crippen molar-refractivity contribution >= 4 is 27.5 Å². The number of hydrogen-bond acceptors (Lipinski definition) is 1. The lowest BCUT2D eigenvalue weighted by molar-refractivity contribution is 0.605. The van der Waals surface area contributed by atoms with Crippen molar-refractivity contribution in [1.29, 1.82) is 0 Å². The summed E-state index contributed by atoms with van der Waals surface area (Å²) in [6.45, 7) is 0.614. The van der Waals surface area contributed by atoms with Gasteiger partial charge in [-0.05, 0) is 36.9 Å². The minimum absolute atomic E-state index is 0.186. The quantitative estimate of drug-likeness (QED) is 0.825. The number of benzene rings is 1. The predicted molar refractivity (Wildman–Crippen MR) is 59.0 cm³/mol. The van der Waals surface area contributed by atoms with Gasteiger partial charge in [0.25, 0.3) is 0 Å². The van der Waals surface area contributed by atoms with Crippen molar-refractivity contribution in [2.24, 2.45) is 11.7 Å². The Morgan fingerprint density at radius 3 is 2.86 bits per heavy atom. The molecule has 0 aliphatic heterocycles. The van der Waals surface area contributed by atoms with Crippen molar-refractivity contribution in [3.63, 3.8) is 0 Å². The molecule has 2 atom stereocenters. The average molecular weight is 279 g/mol. The average Bonchev–Trinajstić information content (AvgIpc) is 2.92. The molecule has 4 heteroatoms. The third-order valence-electron chi connectivity index (χ3n) is 2.68. The van der Waals surface area contributed by atoms with Crippen molar-refractivity contribution in [3.8, 4) is 0 Å². The minimum Gasteiger partial charge on any atom is -0.330 e. The van der Waals surface area contributed by atoms with Crippen LogP contribution in [0.5, 0.6) is 0 Å². The van der Waals surface area contributed by atoms with Gasteiger partial charge in [-0.15, -0.1) is 0 Å². The highest BCUT2D eigenvalue weighted by Gasteiger charge is 2.40. The summed E-state index contributed by atoms with van der Waals surface area (Å²) in [5.41, 5.74) is 6.22. The molecule has 0 heterocycles. The van der Waals surface area contributed by atoms with Crippen molar-refractivity contribution in [1.82, 2.24) is 0 Å². The Hall–Kier alpha value is -0.120. The summed E-state index contributed by atoms with van der Waals surface area (Å²) in [6, 6.07) is 3.34. The molecule has 1 aliphatic rings. The number of rotatable bonds is 2. The molecule has 0 saturated heterocycles. The molecule has 76 valence electrons. The summed E-state index contributed by atoms with van der Waals surface area (Å²) < 4.78 is 14.5. The maximum atomic E-state index is 13.7. The Morgan fingerprint density at radius 2 is 2.29 bits per heavy atom. The summed E-state index contributed by atoms with van der Waals surface area (Å²) in [7, 11) is 0. The van der Waals surface area contributed by atoms with E-state index in [0.29, 0.717) is 18.0 Å². The zero-order valence-corrected chi connectivity index (χ0v) is 9.78. The van der Waals surface area contributed by atoms with Crippen LogP contribution in [0.25, 0.3) is 0 Å². The van der Waals surface area contributed by atoms with Crippen LogP contribution < -0.4 is 5.73 Å². The molecule has 0 aromatic heterocycles. The topological polar surface area (TPSA) is 26.0 Å². The molecule has 0 unspecified atom stereocenters. The van der Waals surface area contributed by atoms with Crippen molar-refractivity contribution in [2.75, 3.05) is 6.54 Å². The molecular formula is C10H10BrClFN. The van der Waals surface area contributed by atoms with Crippen LogP contribution in [0.4, 0.5) is 4.39 Å². The minimum atomic E-state index is -0.304. The number of halogens is 3. The fourth-order valence-corrected chi connectivity index (χ4v) is 2.51. The van der Waals surface area contributed by atoms with E-state index in [2.05, 4.69) is 15.9 Å². The van der Waals surface area contributed by atoms with Gasteiger partial charge in [-0.1, -0.05) is 27.5 Å². The van der Waals surface area contributed by atoms with Crippen LogP contribution in [-0.4, -0.2) is 6.54 Å². The highest BCUT2D eigenvalue weighted by atomic mass is 79.9. The second-order valence-electron chi connectivity index (χ2n) is 3.59. The van der Waals surface area contributed by atoms with Gasteiger partial charge in [0.1, 0.15) is 5.82 Å². The Labute approximate surface area is 95.6 Å². The van der Waals surface area contributed by atoms with E-state index in [1.807, 2.05) is 0 Å². The Morgan fingerprint density at radius 1 is 1.57 bits per heavy atom. The number of nitrogens with two attached hydrogens (primary N) is 1. The molecule has 0 spiro atoms. The van der Waals surface area contributed by atoms with E-state index >= 15 is 0 Å².